The molecule has 1 aromatic carbocycles. The first-order valence-electron chi connectivity index (χ1n) is 7.64. The molecule has 1 N–H and O–H groups in total. The molecule has 1 aliphatic carbocycles. The van der Waals surface area contributed by atoms with Crippen molar-refractivity contribution in [1.82, 2.24) is 4.90 Å². The van der Waals surface area contributed by atoms with E-state index in [1.165, 1.54) is 25.7 Å². The normalized spacial score (nSPS) is 18.1. The van der Waals surface area contributed by atoms with Crippen LogP contribution in [0.5, 0.6) is 0 Å². The molecule has 1 fully saturated rings. The molecule has 21 heavy (non-hydrogen) atoms. The molecular formula is C16H26N2O2S. The smallest absolute Gasteiger partial charge is 0.178 e. The van der Waals surface area contributed by atoms with Gasteiger partial charge in [0.2, 0.25) is 0 Å². The Morgan fingerprint density at radius 2 is 1.71 bits per heavy atom. The van der Waals surface area contributed by atoms with Crippen molar-refractivity contribution in [3.8, 4) is 0 Å². The third-order valence-corrected chi connectivity index (χ3v) is 6.45. The van der Waals surface area contributed by atoms with Gasteiger partial charge in [-0.05, 0) is 51.2 Å². The number of hydrogen-bond donors (Lipinski definition) is 1. The van der Waals surface area contributed by atoms with Crippen LogP contribution in [0.4, 0.5) is 5.69 Å². The summed E-state index contributed by atoms with van der Waals surface area (Å²) in [6, 6.07) is 7.11. The van der Waals surface area contributed by atoms with E-state index in [2.05, 4.69) is 24.3 Å². The minimum atomic E-state index is -3.11. The molecule has 0 aliphatic heterocycles. The zero-order chi connectivity index (χ0) is 15.5. The van der Waals surface area contributed by atoms with Crippen molar-refractivity contribution in [2.24, 2.45) is 0 Å². The SMILES string of the molecule is CCS(=O)(=O)c1ccc(NCC2(N(C)C)CCCC2)cc1. The molecule has 0 spiro atoms. The van der Waals surface area contributed by atoms with Crippen molar-refractivity contribution >= 4 is 15.5 Å². The third kappa shape index (κ3) is 3.58. The van der Waals surface area contributed by atoms with Crippen LogP contribution in [0.2, 0.25) is 0 Å². The second kappa shape index (κ2) is 6.36. The molecular weight excluding hydrogens is 284 g/mol. The Hall–Kier alpha value is -1.07. The summed E-state index contributed by atoms with van der Waals surface area (Å²) in [6.07, 6.45) is 5.01. The molecule has 2 rings (SSSR count). The van der Waals surface area contributed by atoms with E-state index in [1.807, 2.05) is 12.1 Å². The van der Waals surface area contributed by atoms with Crippen LogP contribution in [0.25, 0.3) is 0 Å². The maximum atomic E-state index is 11.8. The Morgan fingerprint density at radius 1 is 1.14 bits per heavy atom. The molecule has 0 radical (unpaired) electrons. The second-order valence-electron chi connectivity index (χ2n) is 6.11. The molecule has 5 heteroatoms. The van der Waals surface area contributed by atoms with E-state index in [0.29, 0.717) is 4.90 Å². The number of hydrogen-bond acceptors (Lipinski definition) is 4. The van der Waals surface area contributed by atoms with Crippen molar-refractivity contribution in [2.45, 2.75) is 43.0 Å². The van der Waals surface area contributed by atoms with E-state index in [0.717, 1.165) is 12.2 Å². The molecule has 0 amide bonds. The number of likely N-dealkylation sites (N-methyl/N-ethyl adjacent to an activating group) is 1. The lowest BCUT2D eigenvalue weighted by molar-refractivity contribution is 0.172. The number of nitrogens with one attached hydrogen (secondary N) is 1. The molecule has 0 saturated heterocycles. The first kappa shape index (κ1) is 16.3. The minimum absolute atomic E-state index is 0.142. The third-order valence-electron chi connectivity index (χ3n) is 4.70. The molecule has 118 valence electrons. The zero-order valence-corrected chi connectivity index (χ0v) is 14.0. The molecule has 1 aliphatic rings. The highest BCUT2D eigenvalue weighted by Gasteiger charge is 2.35. The van der Waals surface area contributed by atoms with Crippen molar-refractivity contribution in [3.05, 3.63) is 24.3 Å². The van der Waals surface area contributed by atoms with E-state index in [4.69, 9.17) is 0 Å². The fraction of sp³-hybridized carbons (Fsp3) is 0.625. The Balaban J connectivity index is 2.04. The topological polar surface area (TPSA) is 49.4 Å². The molecule has 0 unspecified atom stereocenters. The highest BCUT2D eigenvalue weighted by molar-refractivity contribution is 7.91. The van der Waals surface area contributed by atoms with Gasteiger partial charge in [-0.25, -0.2) is 8.42 Å². The Bertz CT molecular complexity index is 558. The number of benzene rings is 1. The molecule has 0 atom stereocenters. The van der Waals surface area contributed by atoms with E-state index < -0.39 is 9.84 Å². The summed E-state index contributed by atoms with van der Waals surface area (Å²) in [5.41, 5.74) is 1.21. The Morgan fingerprint density at radius 3 is 2.19 bits per heavy atom. The van der Waals surface area contributed by atoms with Gasteiger partial charge in [0.15, 0.2) is 9.84 Å². The summed E-state index contributed by atoms with van der Waals surface area (Å²) in [4.78, 5) is 2.72. The monoisotopic (exact) mass is 310 g/mol. The standard InChI is InChI=1S/C16H26N2O2S/c1-4-21(19,20)15-9-7-14(8-10-15)17-13-16(18(2)3)11-5-6-12-16/h7-10,17H,4-6,11-13H2,1-3H3. The molecule has 1 aromatic rings. The first-order chi connectivity index (χ1) is 9.89. The lowest BCUT2D eigenvalue weighted by Gasteiger charge is -2.36. The first-order valence-corrected chi connectivity index (χ1v) is 9.29. The van der Waals surface area contributed by atoms with Gasteiger partial charge < -0.3 is 10.2 Å². The van der Waals surface area contributed by atoms with Crippen LogP contribution >= 0.6 is 0 Å². The van der Waals surface area contributed by atoms with E-state index in [-0.39, 0.29) is 11.3 Å². The average Bonchev–Trinajstić information content (AvgIpc) is 2.96. The highest BCUT2D eigenvalue weighted by Crippen LogP contribution is 2.34. The minimum Gasteiger partial charge on any atom is -0.383 e. The molecule has 0 aromatic heterocycles. The van der Waals surface area contributed by atoms with Crippen LogP contribution in [0, 0.1) is 0 Å². The summed E-state index contributed by atoms with van der Waals surface area (Å²) >= 11 is 0. The number of anilines is 1. The maximum Gasteiger partial charge on any atom is 0.178 e. The summed E-state index contributed by atoms with van der Waals surface area (Å²) in [6.45, 7) is 2.57. The van der Waals surface area contributed by atoms with Crippen LogP contribution in [0.1, 0.15) is 32.6 Å². The maximum absolute atomic E-state index is 11.8. The van der Waals surface area contributed by atoms with Crippen molar-refractivity contribution in [2.75, 3.05) is 31.7 Å². The number of nitrogens with zero attached hydrogens (tertiary/aromatic N) is 1. The molecule has 0 heterocycles. The van der Waals surface area contributed by atoms with Crippen LogP contribution in [0.3, 0.4) is 0 Å². The lowest BCUT2D eigenvalue weighted by Crippen LogP contribution is -2.47. The van der Waals surface area contributed by atoms with Crippen LogP contribution in [-0.4, -0.2) is 45.2 Å². The Labute approximate surface area is 128 Å². The highest BCUT2D eigenvalue weighted by atomic mass is 32.2. The quantitative estimate of drug-likeness (QED) is 0.878. The predicted octanol–water partition coefficient (Wildman–Crippen LogP) is 2.77. The lowest BCUT2D eigenvalue weighted by atomic mass is 9.96. The van der Waals surface area contributed by atoms with Crippen molar-refractivity contribution in [3.63, 3.8) is 0 Å². The van der Waals surface area contributed by atoms with E-state index >= 15 is 0 Å². The summed E-state index contributed by atoms with van der Waals surface area (Å²) in [5.74, 6) is 0.142. The van der Waals surface area contributed by atoms with Gasteiger partial charge in [-0.2, -0.15) is 0 Å². The van der Waals surface area contributed by atoms with Crippen LogP contribution < -0.4 is 5.32 Å². The summed E-state index contributed by atoms with van der Waals surface area (Å²) in [5, 5.41) is 3.47. The van der Waals surface area contributed by atoms with Gasteiger partial charge in [-0.3, -0.25) is 0 Å². The van der Waals surface area contributed by atoms with Gasteiger partial charge in [0, 0.05) is 17.8 Å². The van der Waals surface area contributed by atoms with E-state index in [1.54, 1.807) is 19.1 Å². The average molecular weight is 310 g/mol. The summed E-state index contributed by atoms with van der Waals surface area (Å²) in [7, 11) is 1.18. The number of sulfone groups is 1. The fourth-order valence-electron chi connectivity index (χ4n) is 3.03. The molecule has 4 nitrogen and oxygen atoms in total. The predicted molar refractivity (Wildman–Crippen MR) is 87.5 cm³/mol. The van der Waals surface area contributed by atoms with Gasteiger partial charge >= 0.3 is 0 Å². The molecule has 1 saturated carbocycles. The largest absolute Gasteiger partial charge is 0.383 e. The van der Waals surface area contributed by atoms with Gasteiger partial charge in [0.05, 0.1) is 10.6 Å². The van der Waals surface area contributed by atoms with Crippen molar-refractivity contribution in [1.29, 1.82) is 0 Å². The van der Waals surface area contributed by atoms with Gasteiger partial charge in [-0.15, -0.1) is 0 Å². The van der Waals surface area contributed by atoms with Gasteiger partial charge in [0.1, 0.15) is 0 Å². The van der Waals surface area contributed by atoms with Crippen molar-refractivity contribution < 1.29 is 8.42 Å². The van der Waals surface area contributed by atoms with Crippen LogP contribution in [0.15, 0.2) is 29.2 Å². The molecule has 0 bridgehead atoms. The Kier molecular flexibility index (Phi) is 4.94. The fourth-order valence-corrected chi connectivity index (χ4v) is 3.91. The van der Waals surface area contributed by atoms with Crippen LogP contribution in [-0.2, 0) is 9.84 Å². The zero-order valence-electron chi connectivity index (χ0n) is 13.2. The second-order valence-corrected chi connectivity index (χ2v) is 8.39. The van der Waals surface area contributed by atoms with E-state index in [9.17, 15) is 8.42 Å². The number of rotatable bonds is 6. The summed E-state index contributed by atoms with van der Waals surface area (Å²) < 4.78 is 23.6. The van der Waals surface area contributed by atoms with Gasteiger partial charge in [0.25, 0.3) is 0 Å². The van der Waals surface area contributed by atoms with Gasteiger partial charge in [-0.1, -0.05) is 19.8 Å².